The SMILES string of the molecule is C=CCCCN(C)C(=O)N[C@@H](C)Cn1nc(C)cc1C. The zero-order valence-corrected chi connectivity index (χ0v) is 13.0. The van der Waals surface area contributed by atoms with E-state index in [1.54, 1.807) is 4.90 Å². The van der Waals surface area contributed by atoms with Crippen molar-refractivity contribution < 1.29 is 4.79 Å². The number of allylic oxidation sites excluding steroid dienone is 1. The van der Waals surface area contributed by atoms with Crippen molar-refractivity contribution in [3.63, 3.8) is 0 Å². The summed E-state index contributed by atoms with van der Waals surface area (Å²) in [6.45, 7) is 11.1. The van der Waals surface area contributed by atoms with E-state index in [0.717, 1.165) is 30.8 Å². The van der Waals surface area contributed by atoms with E-state index in [1.807, 2.05) is 44.6 Å². The first-order valence-corrected chi connectivity index (χ1v) is 7.07. The molecule has 0 spiro atoms. The van der Waals surface area contributed by atoms with Gasteiger partial charge in [-0.15, -0.1) is 6.58 Å². The Morgan fingerprint density at radius 2 is 2.30 bits per heavy atom. The Morgan fingerprint density at radius 1 is 1.60 bits per heavy atom. The van der Waals surface area contributed by atoms with Crippen LogP contribution in [0.2, 0.25) is 0 Å². The summed E-state index contributed by atoms with van der Waals surface area (Å²) < 4.78 is 1.93. The summed E-state index contributed by atoms with van der Waals surface area (Å²) in [5.41, 5.74) is 2.12. The third kappa shape index (κ3) is 5.07. The second kappa shape index (κ2) is 7.72. The highest BCUT2D eigenvalue weighted by atomic mass is 16.2. The Hall–Kier alpha value is -1.78. The molecule has 1 atom stereocenters. The molecular formula is C15H26N4O. The van der Waals surface area contributed by atoms with Crippen molar-refractivity contribution in [2.45, 2.75) is 46.2 Å². The van der Waals surface area contributed by atoms with Crippen molar-refractivity contribution in [2.24, 2.45) is 0 Å². The third-order valence-electron chi connectivity index (χ3n) is 3.17. The zero-order valence-electron chi connectivity index (χ0n) is 13.0. The number of urea groups is 1. The molecule has 0 saturated heterocycles. The minimum Gasteiger partial charge on any atom is -0.334 e. The molecule has 0 fully saturated rings. The van der Waals surface area contributed by atoms with Crippen molar-refractivity contribution in [3.8, 4) is 0 Å². The fourth-order valence-corrected chi connectivity index (χ4v) is 2.06. The van der Waals surface area contributed by atoms with Crippen LogP contribution in [0.3, 0.4) is 0 Å². The van der Waals surface area contributed by atoms with E-state index in [2.05, 4.69) is 17.0 Å². The molecule has 0 bridgehead atoms. The summed E-state index contributed by atoms with van der Waals surface area (Å²) in [5.74, 6) is 0. The Balaban J connectivity index is 2.41. The lowest BCUT2D eigenvalue weighted by atomic mass is 10.3. The van der Waals surface area contributed by atoms with Gasteiger partial charge in [0.2, 0.25) is 0 Å². The van der Waals surface area contributed by atoms with Gasteiger partial charge in [-0.1, -0.05) is 6.08 Å². The van der Waals surface area contributed by atoms with Crippen LogP contribution in [-0.2, 0) is 6.54 Å². The number of aryl methyl sites for hydroxylation is 2. The molecule has 1 aromatic heterocycles. The minimum atomic E-state index is -0.0388. The fourth-order valence-electron chi connectivity index (χ4n) is 2.06. The first-order chi connectivity index (χ1) is 9.43. The summed E-state index contributed by atoms with van der Waals surface area (Å²) in [7, 11) is 1.81. The normalized spacial score (nSPS) is 12.0. The number of hydrogen-bond donors (Lipinski definition) is 1. The molecule has 1 N–H and O–H groups in total. The number of nitrogens with one attached hydrogen (secondary N) is 1. The maximum absolute atomic E-state index is 12.0. The van der Waals surface area contributed by atoms with E-state index >= 15 is 0 Å². The maximum atomic E-state index is 12.0. The van der Waals surface area contributed by atoms with Gasteiger partial charge in [0.25, 0.3) is 0 Å². The van der Waals surface area contributed by atoms with Crippen LogP contribution in [0.25, 0.3) is 0 Å². The number of aromatic nitrogens is 2. The lowest BCUT2D eigenvalue weighted by molar-refractivity contribution is 0.203. The lowest BCUT2D eigenvalue weighted by Gasteiger charge is -2.21. The van der Waals surface area contributed by atoms with Crippen LogP contribution in [0.5, 0.6) is 0 Å². The van der Waals surface area contributed by atoms with Crippen molar-refractivity contribution in [1.29, 1.82) is 0 Å². The average molecular weight is 278 g/mol. The predicted molar refractivity (Wildman–Crippen MR) is 81.8 cm³/mol. The van der Waals surface area contributed by atoms with Gasteiger partial charge in [0.15, 0.2) is 0 Å². The van der Waals surface area contributed by atoms with E-state index in [9.17, 15) is 4.79 Å². The van der Waals surface area contributed by atoms with Gasteiger partial charge in [0, 0.05) is 25.3 Å². The summed E-state index contributed by atoms with van der Waals surface area (Å²) in [5, 5.41) is 7.40. The number of nitrogens with zero attached hydrogens (tertiary/aromatic N) is 3. The topological polar surface area (TPSA) is 50.2 Å². The van der Waals surface area contributed by atoms with Crippen molar-refractivity contribution in [3.05, 3.63) is 30.1 Å². The quantitative estimate of drug-likeness (QED) is 0.615. The lowest BCUT2D eigenvalue weighted by Crippen LogP contribution is -2.44. The van der Waals surface area contributed by atoms with Crippen LogP contribution in [0.1, 0.15) is 31.2 Å². The van der Waals surface area contributed by atoms with Crippen molar-refractivity contribution in [2.75, 3.05) is 13.6 Å². The number of hydrogen-bond acceptors (Lipinski definition) is 2. The summed E-state index contributed by atoms with van der Waals surface area (Å²) in [6, 6.07) is 2.04. The second-order valence-corrected chi connectivity index (χ2v) is 5.31. The number of carbonyl (C=O) groups excluding carboxylic acids is 1. The molecule has 1 rings (SSSR count). The van der Waals surface area contributed by atoms with Crippen LogP contribution < -0.4 is 5.32 Å². The molecule has 0 aliphatic carbocycles. The van der Waals surface area contributed by atoms with Crippen molar-refractivity contribution >= 4 is 6.03 Å². The molecule has 0 saturated carbocycles. The van der Waals surface area contributed by atoms with E-state index in [0.29, 0.717) is 6.54 Å². The zero-order chi connectivity index (χ0) is 15.1. The molecule has 20 heavy (non-hydrogen) atoms. The highest BCUT2D eigenvalue weighted by Crippen LogP contribution is 2.03. The number of rotatable bonds is 7. The van der Waals surface area contributed by atoms with E-state index in [1.165, 1.54) is 0 Å². The average Bonchev–Trinajstić information content (AvgIpc) is 2.67. The van der Waals surface area contributed by atoms with Gasteiger partial charge in [-0.3, -0.25) is 4.68 Å². The van der Waals surface area contributed by atoms with Gasteiger partial charge in [0.05, 0.1) is 12.2 Å². The number of unbranched alkanes of at least 4 members (excludes halogenated alkanes) is 1. The highest BCUT2D eigenvalue weighted by molar-refractivity contribution is 5.74. The molecule has 0 unspecified atom stereocenters. The molecular weight excluding hydrogens is 252 g/mol. The first-order valence-electron chi connectivity index (χ1n) is 7.07. The Labute approximate surface area is 121 Å². The van der Waals surface area contributed by atoms with Gasteiger partial charge >= 0.3 is 6.03 Å². The van der Waals surface area contributed by atoms with Crippen LogP contribution in [0, 0.1) is 13.8 Å². The summed E-state index contributed by atoms with van der Waals surface area (Å²) >= 11 is 0. The standard InChI is InChI=1S/C15H26N4O/c1-6-7-8-9-18(5)15(20)16-13(3)11-19-14(4)10-12(2)17-19/h6,10,13H,1,7-9,11H2,2-5H3,(H,16,20)/t13-/m0/s1. The molecule has 5 nitrogen and oxygen atoms in total. The Bertz CT molecular complexity index is 453. The predicted octanol–water partition coefficient (Wildman–Crippen LogP) is 2.50. The molecule has 2 amide bonds. The maximum Gasteiger partial charge on any atom is 0.317 e. The highest BCUT2D eigenvalue weighted by Gasteiger charge is 2.13. The van der Waals surface area contributed by atoms with E-state index < -0.39 is 0 Å². The molecule has 0 aliphatic rings. The summed E-state index contributed by atoms with van der Waals surface area (Å²) in [4.78, 5) is 13.7. The molecule has 0 aromatic carbocycles. The van der Waals surface area contributed by atoms with Gasteiger partial charge in [-0.2, -0.15) is 5.10 Å². The minimum absolute atomic E-state index is 0.0388. The van der Waals surface area contributed by atoms with Crippen LogP contribution in [0.4, 0.5) is 4.79 Å². The molecule has 112 valence electrons. The molecule has 0 radical (unpaired) electrons. The van der Waals surface area contributed by atoms with Gasteiger partial charge in [-0.05, 0) is 39.7 Å². The summed E-state index contributed by atoms with van der Waals surface area (Å²) in [6.07, 6.45) is 3.75. The Kier molecular flexibility index (Phi) is 6.28. The smallest absolute Gasteiger partial charge is 0.317 e. The van der Waals surface area contributed by atoms with Crippen LogP contribution in [-0.4, -0.2) is 40.3 Å². The van der Waals surface area contributed by atoms with Gasteiger partial charge in [-0.25, -0.2) is 4.79 Å². The van der Waals surface area contributed by atoms with E-state index in [-0.39, 0.29) is 12.1 Å². The molecule has 0 aliphatic heterocycles. The second-order valence-electron chi connectivity index (χ2n) is 5.31. The fraction of sp³-hybridized carbons (Fsp3) is 0.600. The largest absolute Gasteiger partial charge is 0.334 e. The molecule has 5 heteroatoms. The van der Waals surface area contributed by atoms with Gasteiger partial charge in [0.1, 0.15) is 0 Å². The van der Waals surface area contributed by atoms with E-state index in [4.69, 9.17) is 0 Å². The monoisotopic (exact) mass is 278 g/mol. The number of amides is 2. The van der Waals surface area contributed by atoms with Crippen molar-refractivity contribution in [1.82, 2.24) is 20.0 Å². The number of carbonyl (C=O) groups is 1. The van der Waals surface area contributed by atoms with Gasteiger partial charge < -0.3 is 10.2 Å². The molecule has 1 aromatic rings. The van der Waals surface area contributed by atoms with Crippen LogP contribution in [0.15, 0.2) is 18.7 Å². The Morgan fingerprint density at radius 3 is 2.85 bits per heavy atom. The first kappa shape index (κ1) is 16.3. The van der Waals surface area contributed by atoms with Crippen LogP contribution >= 0.6 is 0 Å². The molecule has 1 heterocycles. The third-order valence-corrected chi connectivity index (χ3v) is 3.17.